The molecule has 0 spiro atoms. The van der Waals surface area contributed by atoms with Gasteiger partial charge in [-0.3, -0.25) is 0 Å². The van der Waals surface area contributed by atoms with Crippen LogP contribution in [-0.2, 0) is 10.1 Å². The van der Waals surface area contributed by atoms with Gasteiger partial charge in [0.25, 0.3) is 0 Å². The van der Waals surface area contributed by atoms with E-state index in [0.717, 1.165) is 5.32 Å². The van der Waals surface area contributed by atoms with Gasteiger partial charge in [0.1, 0.15) is 0 Å². The molecule has 0 fully saturated rings. The van der Waals surface area contributed by atoms with Crippen LogP contribution in [0.25, 0.3) is 0 Å². The summed E-state index contributed by atoms with van der Waals surface area (Å²) < 4.78 is 6.65. The third-order valence-electron chi connectivity index (χ3n) is 1.78. The molecule has 0 radical (unpaired) electrons. The number of rotatable bonds is 7. The van der Waals surface area contributed by atoms with Crippen LogP contribution in [-0.4, -0.2) is 28.2 Å². The maximum absolute atomic E-state index is 5.36. The molecule has 0 atom stereocenters. The Hall–Kier alpha value is -0.0905. The molecule has 0 saturated heterocycles. The predicted octanol–water partition coefficient (Wildman–Crippen LogP) is 3.37. The molecule has 0 amide bonds. The van der Waals surface area contributed by atoms with E-state index in [2.05, 4.69) is 64.5 Å². The first-order chi connectivity index (χ1) is 7.83. The van der Waals surface area contributed by atoms with Gasteiger partial charge in [0, 0.05) is 0 Å². The molecular weight excluding hydrogens is 378 g/mol. The van der Waals surface area contributed by atoms with Crippen molar-refractivity contribution in [1.82, 2.24) is 0 Å². The number of hydrogen-bond donors (Lipinski definition) is 0. The van der Waals surface area contributed by atoms with Crippen molar-refractivity contribution >= 4 is 37.5 Å². The van der Waals surface area contributed by atoms with Gasteiger partial charge in [-0.05, 0) is 0 Å². The number of hydrogen-bond acceptors (Lipinski definition) is 1. The van der Waals surface area contributed by atoms with Crippen LogP contribution in [0, 0.1) is 0 Å². The van der Waals surface area contributed by atoms with Crippen LogP contribution in [0.5, 0.6) is 0 Å². The monoisotopic (exact) mass is 394 g/mol. The van der Waals surface area contributed by atoms with Crippen LogP contribution in [0.2, 0.25) is 0 Å². The second kappa shape index (κ2) is 8.99. The zero-order valence-corrected chi connectivity index (χ0v) is 12.9. The van der Waals surface area contributed by atoms with Crippen molar-refractivity contribution in [2.45, 2.75) is 5.32 Å². The maximum atomic E-state index is 5.36. The van der Waals surface area contributed by atoms with Gasteiger partial charge in [-0.1, -0.05) is 0 Å². The SMILES string of the molecule is C=CCOC/C(I)=C/[Se]Cc1ccccc1. The molecule has 16 heavy (non-hydrogen) atoms. The molecule has 0 aliphatic rings. The molecule has 0 aliphatic heterocycles. The third-order valence-corrected chi connectivity index (χ3v) is 5.35. The van der Waals surface area contributed by atoms with Gasteiger partial charge in [-0.2, -0.15) is 0 Å². The Morgan fingerprint density at radius 1 is 1.38 bits per heavy atom. The summed E-state index contributed by atoms with van der Waals surface area (Å²) in [6.45, 7) is 4.96. The Bertz CT molecular complexity index is 335. The first-order valence-corrected chi connectivity index (χ1v) is 8.29. The van der Waals surface area contributed by atoms with Crippen LogP contribution < -0.4 is 0 Å². The van der Waals surface area contributed by atoms with Gasteiger partial charge >= 0.3 is 118 Å². The first kappa shape index (κ1) is 14.0. The van der Waals surface area contributed by atoms with E-state index in [4.69, 9.17) is 4.74 Å². The van der Waals surface area contributed by atoms with Crippen molar-refractivity contribution < 1.29 is 4.74 Å². The van der Waals surface area contributed by atoms with Gasteiger partial charge < -0.3 is 0 Å². The van der Waals surface area contributed by atoms with Gasteiger partial charge in [0.05, 0.1) is 0 Å². The van der Waals surface area contributed by atoms with Crippen molar-refractivity contribution in [3.05, 3.63) is 57.1 Å². The molecule has 1 nitrogen and oxygen atoms in total. The average Bonchev–Trinajstić information content (AvgIpc) is 2.31. The minimum absolute atomic E-state index is 0.523. The standard InChI is InChI=1S/C13H15IOSe/c1-2-8-15-9-13(14)11-16-10-12-6-4-3-5-7-12/h2-7,11H,1,8-10H2/b13-11-. The van der Waals surface area contributed by atoms with Crippen LogP contribution in [0.4, 0.5) is 0 Å². The van der Waals surface area contributed by atoms with Gasteiger partial charge in [0.2, 0.25) is 0 Å². The van der Waals surface area contributed by atoms with Crippen LogP contribution in [0.15, 0.2) is 51.5 Å². The molecular formula is C13H15IOSe. The molecule has 86 valence electrons. The Kier molecular flexibility index (Phi) is 7.85. The van der Waals surface area contributed by atoms with E-state index in [0.29, 0.717) is 28.2 Å². The fourth-order valence-corrected chi connectivity index (χ4v) is 3.74. The second-order valence-corrected chi connectivity index (χ2v) is 6.35. The summed E-state index contributed by atoms with van der Waals surface area (Å²) in [5.74, 6) is 0. The average molecular weight is 393 g/mol. The van der Waals surface area contributed by atoms with E-state index in [-0.39, 0.29) is 0 Å². The summed E-state index contributed by atoms with van der Waals surface area (Å²) in [5.41, 5.74) is 1.41. The molecule has 0 unspecified atom stereocenters. The predicted molar refractivity (Wildman–Crippen MR) is 79.0 cm³/mol. The summed E-state index contributed by atoms with van der Waals surface area (Å²) >= 11 is 2.86. The summed E-state index contributed by atoms with van der Waals surface area (Å²) in [6.07, 6.45) is 1.78. The minimum atomic E-state index is 0.523. The zero-order valence-electron chi connectivity index (χ0n) is 9.06. The van der Waals surface area contributed by atoms with Crippen molar-refractivity contribution in [2.24, 2.45) is 0 Å². The van der Waals surface area contributed by atoms with Crippen molar-refractivity contribution in [3.8, 4) is 0 Å². The topological polar surface area (TPSA) is 9.23 Å². The van der Waals surface area contributed by atoms with E-state index < -0.39 is 0 Å². The quantitative estimate of drug-likeness (QED) is 0.299. The molecule has 1 rings (SSSR count). The summed E-state index contributed by atoms with van der Waals surface area (Å²) in [7, 11) is 0. The van der Waals surface area contributed by atoms with E-state index >= 15 is 0 Å². The van der Waals surface area contributed by atoms with E-state index in [1.165, 1.54) is 9.14 Å². The number of ether oxygens (including phenoxy) is 1. The Morgan fingerprint density at radius 2 is 2.12 bits per heavy atom. The van der Waals surface area contributed by atoms with Crippen LogP contribution in [0.3, 0.4) is 0 Å². The number of benzene rings is 1. The molecule has 0 saturated carbocycles. The van der Waals surface area contributed by atoms with E-state index in [1.807, 2.05) is 0 Å². The molecule has 1 aromatic carbocycles. The van der Waals surface area contributed by atoms with Crippen LogP contribution in [0.1, 0.15) is 5.56 Å². The molecule has 0 aromatic heterocycles. The van der Waals surface area contributed by atoms with Crippen LogP contribution >= 0.6 is 22.6 Å². The van der Waals surface area contributed by atoms with Crippen molar-refractivity contribution in [3.63, 3.8) is 0 Å². The van der Waals surface area contributed by atoms with E-state index in [9.17, 15) is 0 Å². The summed E-state index contributed by atoms with van der Waals surface area (Å²) in [6, 6.07) is 10.6. The fourth-order valence-electron chi connectivity index (χ4n) is 1.08. The van der Waals surface area contributed by atoms with Crippen molar-refractivity contribution in [1.29, 1.82) is 0 Å². The van der Waals surface area contributed by atoms with E-state index in [1.54, 1.807) is 6.08 Å². The molecule has 3 heteroatoms. The first-order valence-electron chi connectivity index (χ1n) is 5.01. The summed E-state index contributed by atoms with van der Waals surface area (Å²) in [5, 5.41) is 1.15. The van der Waals surface area contributed by atoms with Gasteiger partial charge in [-0.15, -0.1) is 0 Å². The normalized spacial score (nSPS) is 11.4. The molecule has 0 aliphatic carbocycles. The summed E-state index contributed by atoms with van der Waals surface area (Å²) in [4.78, 5) is 2.30. The van der Waals surface area contributed by atoms with Gasteiger partial charge in [-0.25, -0.2) is 0 Å². The Labute approximate surface area is 117 Å². The third kappa shape index (κ3) is 6.48. The fraction of sp³-hybridized carbons (Fsp3) is 0.231. The Morgan fingerprint density at radius 3 is 2.81 bits per heavy atom. The molecule has 0 heterocycles. The van der Waals surface area contributed by atoms with Crippen molar-refractivity contribution in [2.75, 3.05) is 13.2 Å². The second-order valence-electron chi connectivity index (χ2n) is 3.17. The number of halogens is 1. The molecule has 0 N–H and O–H groups in total. The molecule has 0 bridgehead atoms. The van der Waals surface area contributed by atoms with Gasteiger partial charge in [0.15, 0.2) is 0 Å². The Balaban J connectivity index is 2.23. The molecule has 1 aromatic rings. The zero-order chi connectivity index (χ0) is 11.6.